The van der Waals surface area contributed by atoms with Gasteiger partial charge in [-0.15, -0.1) is 0 Å². The van der Waals surface area contributed by atoms with Crippen molar-refractivity contribution in [2.45, 2.75) is 38.1 Å². The molecule has 1 unspecified atom stereocenters. The summed E-state index contributed by atoms with van der Waals surface area (Å²) in [4.78, 5) is 17.0. The Morgan fingerprint density at radius 2 is 2.23 bits per heavy atom. The number of carbonyl (C=O) groups is 1. The number of H-pyrrole nitrogens is 1. The zero-order valence-electron chi connectivity index (χ0n) is 13.2. The van der Waals surface area contributed by atoms with Crippen molar-refractivity contribution in [2.24, 2.45) is 11.1 Å². The number of nitrogens with two attached hydrogens (primary N) is 1. The number of nitrogens with one attached hydrogen (secondary N) is 2. The minimum atomic E-state index is -3.60. The summed E-state index contributed by atoms with van der Waals surface area (Å²) in [5, 5.41) is 0. The summed E-state index contributed by atoms with van der Waals surface area (Å²) in [7, 11) is -3.60. The number of nitrogens with zero attached hydrogens (tertiary/aromatic N) is 1. The van der Waals surface area contributed by atoms with E-state index < -0.39 is 10.0 Å². The van der Waals surface area contributed by atoms with Gasteiger partial charge in [-0.25, -0.2) is 13.1 Å². The Hall–Kier alpha value is -1.38. The second-order valence-corrected chi connectivity index (χ2v) is 8.23. The van der Waals surface area contributed by atoms with Crippen molar-refractivity contribution in [3.63, 3.8) is 0 Å². The molecule has 1 aliphatic heterocycles. The van der Waals surface area contributed by atoms with Gasteiger partial charge in [-0.3, -0.25) is 4.79 Å². The van der Waals surface area contributed by atoms with E-state index in [0.717, 1.165) is 6.42 Å². The summed E-state index contributed by atoms with van der Waals surface area (Å²) in [6.45, 7) is 7.30. The number of rotatable bonds is 5. The van der Waals surface area contributed by atoms with Crippen LogP contribution in [0.1, 0.15) is 37.7 Å². The minimum absolute atomic E-state index is 0.0592. The van der Waals surface area contributed by atoms with Gasteiger partial charge >= 0.3 is 0 Å². The van der Waals surface area contributed by atoms with E-state index in [0.29, 0.717) is 19.6 Å². The van der Waals surface area contributed by atoms with E-state index in [4.69, 9.17) is 5.73 Å². The van der Waals surface area contributed by atoms with Crippen molar-refractivity contribution >= 4 is 15.9 Å². The third-order valence-corrected chi connectivity index (χ3v) is 5.56. The van der Waals surface area contributed by atoms with Gasteiger partial charge in [-0.2, -0.15) is 0 Å². The molecule has 1 aromatic heterocycles. The molecule has 1 aromatic rings. The van der Waals surface area contributed by atoms with Crippen molar-refractivity contribution in [3.8, 4) is 0 Å². The molecular formula is C14H24N4O3S. The first-order chi connectivity index (χ1) is 10.2. The molecule has 124 valence electrons. The average Bonchev–Trinajstić information content (AvgIpc) is 3.04. The van der Waals surface area contributed by atoms with Crippen LogP contribution in [0.2, 0.25) is 0 Å². The Morgan fingerprint density at radius 1 is 1.55 bits per heavy atom. The van der Waals surface area contributed by atoms with E-state index in [1.807, 2.05) is 0 Å². The quantitative estimate of drug-likeness (QED) is 0.732. The van der Waals surface area contributed by atoms with Crippen LogP contribution in [0.15, 0.2) is 17.2 Å². The van der Waals surface area contributed by atoms with Crippen molar-refractivity contribution in [2.75, 3.05) is 19.6 Å². The van der Waals surface area contributed by atoms with Crippen LogP contribution in [-0.2, 0) is 10.0 Å². The Balaban J connectivity index is 2.14. The summed E-state index contributed by atoms with van der Waals surface area (Å²) in [6.07, 6.45) is 2.20. The summed E-state index contributed by atoms with van der Waals surface area (Å²) in [5.74, 6) is -0.192. The van der Waals surface area contributed by atoms with Gasteiger partial charge in [0.2, 0.25) is 10.0 Å². The van der Waals surface area contributed by atoms with Crippen LogP contribution >= 0.6 is 0 Å². The SMILES string of the molecule is CC(C)NS(=O)(=O)c1c[nH]c(C(=O)N2CCC(C)(CN)C2)c1. The highest BCUT2D eigenvalue weighted by Gasteiger charge is 2.35. The lowest BCUT2D eigenvalue weighted by Crippen LogP contribution is -2.34. The largest absolute Gasteiger partial charge is 0.356 e. The molecule has 8 heteroatoms. The van der Waals surface area contributed by atoms with Crippen molar-refractivity contribution in [3.05, 3.63) is 18.0 Å². The molecule has 0 saturated carbocycles. The highest BCUT2D eigenvalue weighted by atomic mass is 32.2. The van der Waals surface area contributed by atoms with Crippen LogP contribution in [0.5, 0.6) is 0 Å². The summed E-state index contributed by atoms with van der Waals surface area (Å²) in [6, 6.07) is 1.17. The maximum atomic E-state index is 12.5. The second kappa shape index (κ2) is 6.02. The van der Waals surface area contributed by atoms with Crippen LogP contribution in [0.3, 0.4) is 0 Å². The fraction of sp³-hybridized carbons (Fsp3) is 0.643. The molecular weight excluding hydrogens is 304 g/mol. The predicted octanol–water partition coefficient (Wildman–Crippen LogP) is 0.512. The monoisotopic (exact) mass is 328 g/mol. The third-order valence-electron chi connectivity index (χ3n) is 3.93. The molecule has 0 radical (unpaired) electrons. The molecule has 2 rings (SSSR count). The molecule has 1 fully saturated rings. The molecule has 0 bridgehead atoms. The number of amides is 1. The lowest BCUT2D eigenvalue weighted by Gasteiger charge is -2.22. The predicted molar refractivity (Wildman–Crippen MR) is 83.9 cm³/mol. The van der Waals surface area contributed by atoms with Gasteiger partial charge in [0.25, 0.3) is 5.91 Å². The summed E-state index contributed by atoms with van der Waals surface area (Å²) >= 11 is 0. The topological polar surface area (TPSA) is 108 Å². The second-order valence-electron chi connectivity index (χ2n) is 6.52. The number of hydrogen-bond donors (Lipinski definition) is 3. The highest BCUT2D eigenvalue weighted by molar-refractivity contribution is 7.89. The third kappa shape index (κ3) is 3.50. The lowest BCUT2D eigenvalue weighted by atomic mass is 9.90. The first-order valence-corrected chi connectivity index (χ1v) is 8.85. The standard InChI is InChI=1S/C14H24N4O3S/c1-10(2)17-22(20,21)11-6-12(16-7-11)13(19)18-5-4-14(3,8-15)9-18/h6-7,10,16-17H,4-5,8-9,15H2,1-3H3. The highest BCUT2D eigenvalue weighted by Crippen LogP contribution is 2.29. The molecule has 1 aliphatic rings. The van der Waals surface area contributed by atoms with Gasteiger partial charge in [0.05, 0.1) is 0 Å². The minimum Gasteiger partial charge on any atom is -0.356 e. The Morgan fingerprint density at radius 3 is 2.77 bits per heavy atom. The summed E-state index contributed by atoms with van der Waals surface area (Å²) in [5.41, 5.74) is 5.97. The molecule has 0 aromatic carbocycles. The van der Waals surface area contributed by atoms with E-state index in [9.17, 15) is 13.2 Å². The molecule has 1 atom stereocenters. The molecule has 1 amide bonds. The van der Waals surface area contributed by atoms with E-state index in [-0.39, 0.29) is 28.0 Å². The van der Waals surface area contributed by atoms with Crippen molar-refractivity contribution < 1.29 is 13.2 Å². The zero-order chi connectivity index (χ0) is 16.5. The smallest absolute Gasteiger partial charge is 0.270 e. The van der Waals surface area contributed by atoms with E-state index >= 15 is 0 Å². The molecule has 22 heavy (non-hydrogen) atoms. The molecule has 4 N–H and O–H groups in total. The maximum absolute atomic E-state index is 12.5. The Bertz CT molecular complexity index is 653. The van der Waals surface area contributed by atoms with Gasteiger partial charge in [-0.05, 0) is 38.3 Å². The first kappa shape index (κ1) is 17.0. The molecule has 1 saturated heterocycles. The first-order valence-electron chi connectivity index (χ1n) is 7.37. The van der Waals surface area contributed by atoms with Crippen LogP contribution in [-0.4, -0.2) is 49.9 Å². The van der Waals surface area contributed by atoms with Gasteiger partial charge in [0, 0.05) is 25.3 Å². The molecule has 7 nitrogen and oxygen atoms in total. The van der Waals surface area contributed by atoms with Gasteiger partial charge in [-0.1, -0.05) is 6.92 Å². The van der Waals surface area contributed by atoms with Crippen LogP contribution in [0.25, 0.3) is 0 Å². The molecule has 2 heterocycles. The number of hydrogen-bond acceptors (Lipinski definition) is 4. The summed E-state index contributed by atoms with van der Waals surface area (Å²) < 4.78 is 26.6. The average molecular weight is 328 g/mol. The number of likely N-dealkylation sites (tertiary alicyclic amines) is 1. The fourth-order valence-electron chi connectivity index (χ4n) is 2.57. The van der Waals surface area contributed by atoms with Gasteiger partial charge in [0.1, 0.15) is 10.6 Å². The fourth-order valence-corrected chi connectivity index (χ4v) is 3.81. The van der Waals surface area contributed by atoms with E-state index in [2.05, 4.69) is 16.6 Å². The zero-order valence-corrected chi connectivity index (χ0v) is 14.0. The normalized spacial score (nSPS) is 22.5. The van der Waals surface area contributed by atoms with Crippen molar-refractivity contribution in [1.82, 2.24) is 14.6 Å². The van der Waals surface area contributed by atoms with Crippen LogP contribution < -0.4 is 10.5 Å². The number of sulfonamides is 1. The lowest BCUT2D eigenvalue weighted by molar-refractivity contribution is 0.0771. The van der Waals surface area contributed by atoms with Crippen molar-refractivity contribution in [1.29, 1.82) is 0 Å². The number of carbonyl (C=O) groups excluding carboxylic acids is 1. The van der Waals surface area contributed by atoms with Gasteiger partial charge < -0.3 is 15.6 Å². The van der Waals surface area contributed by atoms with E-state index in [1.54, 1.807) is 18.7 Å². The van der Waals surface area contributed by atoms with Gasteiger partial charge in [0.15, 0.2) is 0 Å². The Labute approximate surface area is 131 Å². The van der Waals surface area contributed by atoms with Crippen LogP contribution in [0, 0.1) is 5.41 Å². The Kier molecular flexibility index (Phi) is 4.65. The maximum Gasteiger partial charge on any atom is 0.270 e. The van der Waals surface area contributed by atoms with Crippen LogP contribution in [0.4, 0.5) is 0 Å². The molecule has 0 spiro atoms. The number of aromatic nitrogens is 1. The number of aromatic amines is 1. The van der Waals surface area contributed by atoms with E-state index in [1.165, 1.54) is 12.3 Å². The molecule has 0 aliphatic carbocycles.